The summed E-state index contributed by atoms with van der Waals surface area (Å²) >= 11 is 2.18. The van der Waals surface area contributed by atoms with Gasteiger partial charge in [-0.3, -0.25) is 0 Å². The minimum Gasteiger partial charge on any atom is -0.454 e. The molecule has 1 aromatic heterocycles. The molecular formula is C18H16INO. The smallest absolute Gasteiger partial charge is 0.164 e. The first-order valence-corrected chi connectivity index (χ1v) is 7.99. The van der Waals surface area contributed by atoms with Gasteiger partial charge < -0.3 is 9.73 Å². The van der Waals surface area contributed by atoms with Gasteiger partial charge in [0.05, 0.1) is 6.54 Å². The Morgan fingerprint density at radius 3 is 2.38 bits per heavy atom. The van der Waals surface area contributed by atoms with Gasteiger partial charge in [0.1, 0.15) is 5.76 Å². The van der Waals surface area contributed by atoms with Crippen LogP contribution < -0.4 is 5.32 Å². The molecule has 0 bridgehead atoms. The molecule has 2 aromatic carbocycles. The van der Waals surface area contributed by atoms with Crippen LogP contribution in [0.1, 0.15) is 16.9 Å². The summed E-state index contributed by atoms with van der Waals surface area (Å²) < 4.78 is 6.51. The maximum Gasteiger partial charge on any atom is 0.164 e. The van der Waals surface area contributed by atoms with E-state index in [1.807, 2.05) is 18.2 Å². The topological polar surface area (TPSA) is 25.2 Å². The van der Waals surface area contributed by atoms with Crippen LogP contribution in [0.3, 0.4) is 0 Å². The van der Waals surface area contributed by atoms with Gasteiger partial charge in [-0.25, -0.2) is 0 Å². The molecule has 1 heterocycles. The fourth-order valence-corrected chi connectivity index (χ4v) is 2.75. The third-order valence-corrected chi connectivity index (χ3v) is 3.92. The number of benzene rings is 2. The molecule has 2 nitrogen and oxygen atoms in total. The first-order valence-electron chi connectivity index (χ1n) is 6.91. The standard InChI is InChI=1S/C18H16INO/c19-18-11-10-16(21-18)13-20-17-9-5-4-8-15(17)12-14-6-2-1-3-7-14/h1-11,20H,12-13H2. The van der Waals surface area contributed by atoms with E-state index in [-0.39, 0.29) is 0 Å². The van der Waals surface area contributed by atoms with E-state index in [4.69, 9.17) is 4.42 Å². The van der Waals surface area contributed by atoms with Gasteiger partial charge in [0.25, 0.3) is 0 Å². The van der Waals surface area contributed by atoms with Crippen molar-refractivity contribution in [3.63, 3.8) is 0 Å². The molecule has 0 fully saturated rings. The predicted octanol–water partition coefficient (Wildman–Crippen LogP) is 5.09. The molecule has 0 saturated heterocycles. The van der Waals surface area contributed by atoms with Crippen molar-refractivity contribution in [3.8, 4) is 0 Å². The molecule has 0 radical (unpaired) electrons. The van der Waals surface area contributed by atoms with E-state index in [1.54, 1.807) is 0 Å². The average Bonchev–Trinajstić information content (AvgIpc) is 2.93. The van der Waals surface area contributed by atoms with Gasteiger partial charge in [-0.05, 0) is 58.3 Å². The second kappa shape index (κ2) is 6.80. The average molecular weight is 389 g/mol. The highest BCUT2D eigenvalue weighted by atomic mass is 127. The quantitative estimate of drug-likeness (QED) is 0.616. The predicted molar refractivity (Wildman–Crippen MR) is 94.4 cm³/mol. The van der Waals surface area contributed by atoms with Crippen molar-refractivity contribution in [2.24, 2.45) is 0 Å². The Bertz CT molecular complexity index is 706. The summed E-state index contributed by atoms with van der Waals surface area (Å²) in [5, 5.41) is 3.47. The van der Waals surface area contributed by atoms with Crippen molar-refractivity contribution in [1.82, 2.24) is 0 Å². The maximum absolute atomic E-state index is 5.59. The van der Waals surface area contributed by atoms with E-state index in [0.717, 1.165) is 21.6 Å². The van der Waals surface area contributed by atoms with E-state index >= 15 is 0 Å². The number of halogens is 1. The largest absolute Gasteiger partial charge is 0.454 e. The molecule has 0 saturated carbocycles. The number of anilines is 1. The molecule has 0 aliphatic heterocycles. The Kier molecular flexibility index (Phi) is 4.60. The Morgan fingerprint density at radius 2 is 1.62 bits per heavy atom. The summed E-state index contributed by atoms with van der Waals surface area (Å²) in [7, 11) is 0. The molecule has 0 atom stereocenters. The van der Waals surface area contributed by atoms with Crippen LogP contribution >= 0.6 is 22.6 Å². The third-order valence-electron chi connectivity index (χ3n) is 3.34. The zero-order valence-electron chi connectivity index (χ0n) is 11.6. The van der Waals surface area contributed by atoms with Crippen LogP contribution in [-0.4, -0.2) is 0 Å². The fraction of sp³-hybridized carbons (Fsp3) is 0.111. The lowest BCUT2D eigenvalue weighted by Gasteiger charge is -2.11. The van der Waals surface area contributed by atoms with Crippen LogP contribution in [0.25, 0.3) is 0 Å². The Labute approximate surface area is 138 Å². The monoisotopic (exact) mass is 389 g/mol. The van der Waals surface area contributed by atoms with E-state index in [0.29, 0.717) is 6.54 Å². The number of hydrogen-bond acceptors (Lipinski definition) is 2. The lowest BCUT2D eigenvalue weighted by Crippen LogP contribution is -2.02. The summed E-state index contributed by atoms with van der Waals surface area (Å²) in [5.41, 5.74) is 3.78. The van der Waals surface area contributed by atoms with Crippen molar-refractivity contribution in [1.29, 1.82) is 0 Å². The van der Waals surface area contributed by atoms with Crippen LogP contribution in [-0.2, 0) is 13.0 Å². The van der Waals surface area contributed by atoms with Gasteiger partial charge in [0.15, 0.2) is 3.77 Å². The molecule has 106 valence electrons. The van der Waals surface area contributed by atoms with E-state index in [9.17, 15) is 0 Å². The SMILES string of the molecule is Ic1ccc(CNc2ccccc2Cc2ccccc2)o1. The van der Waals surface area contributed by atoms with Crippen molar-refractivity contribution >= 4 is 28.3 Å². The molecule has 0 aliphatic rings. The number of hydrogen-bond donors (Lipinski definition) is 1. The van der Waals surface area contributed by atoms with Crippen LogP contribution in [0.4, 0.5) is 5.69 Å². The van der Waals surface area contributed by atoms with Crippen LogP contribution in [0.5, 0.6) is 0 Å². The molecule has 21 heavy (non-hydrogen) atoms. The van der Waals surface area contributed by atoms with Crippen molar-refractivity contribution in [3.05, 3.63) is 87.4 Å². The molecule has 1 N–H and O–H groups in total. The van der Waals surface area contributed by atoms with Gasteiger partial charge in [0.2, 0.25) is 0 Å². The van der Waals surface area contributed by atoms with Gasteiger partial charge in [-0.1, -0.05) is 48.5 Å². The van der Waals surface area contributed by atoms with E-state index in [1.165, 1.54) is 11.1 Å². The van der Waals surface area contributed by atoms with Crippen LogP contribution in [0.15, 0.2) is 71.1 Å². The number of nitrogens with one attached hydrogen (secondary N) is 1. The zero-order valence-corrected chi connectivity index (χ0v) is 13.7. The molecule has 3 heteroatoms. The van der Waals surface area contributed by atoms with Crippen molar-refractivity contribution in [2.45, 2.75) is 13.0 Å². The Hall–Kier alpha value is -1.75. The van der Waals surface area contributed by atoms with E-state index < -0.39 is 0 Å². The fourth-order valence-electron chi connectivity index (χ4n) is 2.29. The Balaban J connectivity index is 1.73. The number of furan rings is 1. The summed E-state index contributed by atoms with van der Waals surface area (Å²) in [4.78, 5) is 0. The molecule has 0 spiro atoms. The van der Waals surface area contributed by atoms with Crippen molar-refractivity contribution in [2.75, 3.05) is 5.32 Å². The lowest BCUT2D eigenvalue weighted by atomic mass is 10.0. The zero-order chi connectivity index (χ0) is 14.5. The highest BCUT2D eigenvalue weighted by Gasteiger charge is 2.04. The summed E-state index contributed by atoms with van der Waals surface area (Å²) in [5.74, 6) is 0.953. The first-order chi connectivity index (χ1) is 10.3. The highest BCUT2D eigenvalue weighted by Crippen LogP contribution is 2.20. The molecular weight excluding hydrogens is 373 g/mol. The number of para-hydroxylation sites is 1. The van der Waals surface area contributed by atoms with Crippen molar-refractivity contribution < 1.29 is 4.42 Å². The lowest BCUT2D eigenvalue weighted by molar-refractivity contribution is 0.493. The summed E-state index contributed by atoms with van der Waals surface area (Å²) in [6.07, 6.45) is 0.930. The van der Waals surface area contributed by atoms with Gasteiger partial charge in [-0.2, -0.15) is 0 Å². The van der Waals surface area contributed by atoms with Crippen LogP contribution in [0.2, 0.25) is 0 Å². The van der Waals surface area contributed by atoms with Gasteiger partial charge in [0, 0.05) is 5.69 Å². The maximum atomic E-state index is 5.59. The highest BCUT2D eigenvalue weighted by molar-refractivity contribution is 14.1. The summed E-state index contributed by atoms with van der Waals surface area (Å²) in [6, 6.07) is 22.9. The normalized spacial score (nSPS) is 10.5. The first kappa shape index (κ1) is 14.2. The van der Waals surface area contributed by atoms with Gasteiger partial charge >= 0.3 is 0 Å². The second-order valence-electron chi connectivity index (χ2n) is 4.88. The van der Waals surface area contributed by atoms with E-state index in [2.05, 4.69) is 76.4 Å². The minimum absolute atomic E-state index is 0.703. The Morgan fingerprint density at radius 1 is 0.857 bits per heavy atom. The summed E-state index contributed by atoms with van der Waals surface area (Å²) in [6.45, 7) is 0.703. The molecule has 3 rings (SSSR count). The number of rotatable bonds is 5. The molecule has 0 amide bonds. The molecule has 0 aliphatic carbocycles. The second-order valence-corrected chi connectivity index (χ2v) is 5.94. The van der Waals surface area contributed by atoms with Crippen LogP contribution in [0, 0.1) is 3.77 Å². The minimum atomic E-state index is 0.703. The molecule has 3 aromatic rings. The van der Waals surface area contributed by atoms with Gasteiger partial charge in [-0.15, -0.1) is 0 Å². The third kappa shape index (κ3) is 3.88. The molecule has 0 unspecified atom stereocenters.